The Kier molecular flexibility index (Phi) is 1.58. The van der Waals surface area contributed by atoms with Crippen LogP contribution in [0.3, 0.4) is 0 Å². The monoisotopic (exact) mass is 180 g/mol. The summed E-state index contributed by atoms with van der Waals surface area (Å²) in [6, 6.07) is 3.86. The molecule has 0 aromatic carbocycles. The number of aromatic nitrogens is 2. The van der Waals surface area contributed by atoms with Crippen molar-refractivity contribution in [2.24, 2.45) is 7.05 Å². The molecule has 62 valence electrons. The molecule has 0 bridgehead atoms. The molecule has 0 saturated carbocycles. The van der Waals surface area contributed by atoms with Gasteiger partial charge in [-0.2, -0.15) is 0 Å². The summed E-state index contributed by atoms with van der Waals surface area (Å²) in [6.45, 7) is 1.94. The number of fused-ring (bicyclic) bond motifs is 1. The number of nitrogens with zero attached hydrogens (tertiary/aromatic N) is 2. The Bertz CT molecular complexity index is 431. The molecule has 2 rings (SSSR count). The van der Waals surface area contributed by atoms with Crippen LogP contribution < -0.4 is 0 Å². The molecular weight excluding hydrogens is 172 g/mol. The van der Waals surface area contributed by atoms with Gasteiger partial charge in [-0.05, 0) is 19.1 Å². The zero-order chi connectivity index (χ0) is 8.72. The lowest BCUT2D eigenvalue weighted by Crippen LogP contribution is -1.89. The van der Waals surface area contributed by atoms with E-state index in [0.29, 0.717) is 0 Å². The molecule has 0 atom stereocenters. The Hall–Kier alpha value is -1.02. The Morgan fingerprint density at radius 2 is 2.25 bits per heavy atom. The summed E-state index contributed by atoms with van der Waals surface area (Å²) in [7, 11) is 1.96. The normalized spacial score (nSPS) is 10.9. The van der Waals surface area contributed by atoms with Crippen LogP contribution in [0.1, 0.15) is 5.69 Å². The second kappa shape index (κ2) is 2.49. The van der Waals surface area contributed by atoms with Gasteiger partial charge in [0.05, 0.1) is 5.02 Å². The average molecular weight is 181 g/mol. The van der Waals surface area contributed by atoms with Crippen LogP contribution in [0.15, 0.2) is 18.3 Å². The first-order chi connectivity index (χ1) is 5.68. The van der Waals surface area contributed by atoms with Crippen LogP contribution in [0.25, 0.3) is 11.0 Å². The highest BCUT2D eigenvalue weighted by Crippen LogP contribution is 2.22. The molecule has 2 aromatic heterocycles. The smallest absolute Gasteiger partial charge is 0.141 e. The SMILES string of the molecule is Cc1cc(Cl)c2ccn(C)c2n1. The topological polar surface area (TPSA) is 17.8 Å². The largest absolute Gasteiger partial charge is 0.336 e. The standard InChI is InChI=1S/C9H9ClN2/c1-6-5-8(10)7-3-4-12(2)9(7)11-6/h3-5H,1-2H3. The molecule has 0 N–H and O–H groups in total. The van der Waals surface area contributed by atoms with Gasteiger partial charge < -0.3 is 4.57 Å². The van der Waals surface area contributed by atoms with E-state index >= 15 is 0 Å². The van der Waals surface area contributed by atoms with E-state index in [1.165, 1.54) is 0 Å². The minimum absolute atomic E-state index is 0.776. The summed E-state index contributed by atoms with van der Waals surface area (Å²) in [4.78, 5) is 4.37. The van der Waals surface area contributed by atoms with E-state index in [1.807, 2.05) is 36.9 Å². The number of hydrogen-bond donors (Lipinski definition) is 0. The molecule has 2 heterocycles. The van der Waals surface area contributed by atoms with Gasteiger partial charge in [0.2, 0.25) is 0 Å². The van der Waals surface area contributed by atoms with Gasteiger partial charge in [-0.15, -0.1) is 0 Å². The fourth-order valence-electron chi connectivity index (χ4n) is 1.31. The molecule has 2 aromatic rings. The lowest BCUT2D eigenvalue weighted by atomic mass is 10.3. The predicted molar refractivity (Wildman–Crippen MR) is 50.5 cm³/mol. The summed E-state index contributed by atoms with van der Waals surface area (Å²) in [5.41, 5.74) is 1.90. The molecule has 0 spiro atoms. The zero-order valence-corrected chi connectivity index (χ0v) is 7.76. The highest BCUT2D eigenvalue weighted by molar-refractivity contribution is 6.35. The van der Waals surface area contributed by atoms with Gasteiger partial charge in [-0.1, -0.05) is 11.6 Å². The van der Waals surface area contributed by atoms with E-state index in [9.17, 15) is 0 Å². The maximum atomic E-state index is 6.02. The molecule has 0 radical (unpaired) electrons. The van der Waals surface area contributed by atoms with E-state index in [4.69, 9.17) is 11.6 Å². The third-order valence-electron chi connectivity index (χ3n) is 1.91. The van der Waals surface area contributed by atoms with Gasteiger partial charge in [0.1, 0.15) is 5.65 Å². The first-order valence-electron chi connectivity index (χ1n) is 3.76. The second-order valence-electron chi connectivity index (χ2n) is 2.91. The molecule has 3 heteroatoms. The van der Waals surface area contributed by atoms with Crippen molar-refractivity contribution in [1.29, 1.82) is 0 Å². The molecule has 0 saturated heterocycles. The molecule has 0 fully saturated rings. The van der Waals surface area contributed by atoms with Gasteiger partial charge in [0, 0.05) is 24.3 Å². The third-order valence-corrected chi connectivity index (χ3v) is 2.23. The van der Waals surface area contributed by atoms with E-state index in [0.717, 1.165) is 21.7 Å². The quantitative estimate of drug-likeness (QED) is 0.609. The van der Waals surface area contributed by atoms with Gasteiger partial charge in [-0.3, -0.25) is 0 Å². The van der Waals surface area contributed by atoms with Gasteiger partial charge in [0.15, 0.2) is 0 Å². The van der Waals surface area contributed by atoms with E-state index in [-0.39, 0.29) is 0 Å². The highest BCUT2D eigenvalue weighted by Gasteiger charge is 2.03. The molecule has 0 aliphatic heterocycles. The highest BCUT2D eigenvalue weighted by atomic mass is 35.5. The minimum atomic E-state index is 0.776. The summed E-state index contributed by atoms with van der Waals surface area (Å²) < 4.78 is 1.97. The summed E-state index contributed by atoms with van der Waals surface area (Å²) >= 11 is 6.02. The van der Waals surface area contributed by atoms with Crippen LogP contribution in [0.2, 0.25) is 5.02 Å². The van der Waals surface area contributed by atoms with Crippen molar-refractivity contribution in [3.8, 4) is 0 Å². The number of pyridine rings is 1. The van der Waals surface area contributed by atoms with Crippen LogP contribution in [0.4, 0.5) is 0 Å². The lowest BCUT2D eigenvalue weighted by molar-refractivity contribution is 0.943. The lowest BCUT2D eigenvalue weighted by Gasteiger charge is -1.98. The van der Waals surface area contributed by atoms with E-state index in [1.54, 1.807) is 0 Å². The van der Waals surface area contributed by atoms with Crippen molar-refractivity contribution in [3.63, 3.8) is 0 Å². The van der Waals surface area contributed by atoms with Crippen molar-refractivity contribution < 1.29 is 0 Å². The molecule has 12 heavy (non-hydrogen) atoms. The van der Waals surface area contributed by atoms with Crippen molar-refractivity contribution in [3.05, 3.63) is 29.0 Å². The molecule has 2 nitrogen and oxygen atoms in total. The van der Waals surface area contributed by atoms with Crippen LogP contribution in [-0.4, -0.2) is 9.55 Å². The maximum Gasteiger partial charge on any atom is 0.141 e. The molecule has 0 aliphatic rings. The number of hydrogen-bond acceptors (Lipinski definition) is 1. The number of rotatable bonds is 0. The molecule has 0 unspecified atom stereocenters. The molecule has 0 aliphatic carbocycles. The molecule has 0 amide bonds. The van der Waals surface area contributed by atoms with Crippen molar-refractivity contribution in [1.82, 2.24) is 9.55 Å². The van der Waals surface area contributed by atoms with Crippen LogP contribution >= 0.6 is 11.6 Å². The maximum absolute atomic E-state index is 6.02. The van der Waals surface area contributed by atoms with Crippen LogP contribution in [0.5, 0.6) is 0 Å². The predicted octanol–water partition coefficient (Wildman–Crippen LogP) is 2.54. The first-order valence-corrected chi connectivity index (χ1v) is 4.14. The number of aryl methyl sites for hydroxylation is 2. The fraction of sp³-hybridized carbons (Fsp3) is 0.222. The van der Waals surface area contributed by atoms with E-state index in [2.05, 4.69) is 4.98 Å². The Morgan fingerprint density at radius 3 is 3.00 bits per heavy atom. The summed E-state index contributed by atoms with van der Waals surface area (Å²) in [5.74, 6) is 0. The zero-order valence-electron chi connectivity index (χ0n) is 7.00. The fourth-order valence-corrected chi connectivity index (χ4v) is 1.61. The summed E-state index contributed by atoms with van der Waals surface area (Å²) in [5, 5.41) is 1.79. The second-order valence-corrected chi connectivity index (χ2v) is 3.32. The Morgan fingerprint density at radius 1 is 1.50 bits per heavy atom. The van der Waals surface area contributed by atoms with Gasteiger partial charge in [0.25, 0.3) is 0 Å². The summed E-state index contributed by atoms with van der Waals surface area (Å²) in [6.07, 6.45) is 1.96. The Balaban J connectivity index is 2.92. The number of halogens is 1. The molecular formula is C9H9ClN2. The van der Waals surface area contributed by atoms with Gasteiger partial charge in [-0.25, -0.2) is 4.98 Å². The minimum Gasteiger partial charge on any atom is -0.336 e. The average Bonchev–Trinajstić information content (AvgIpc) is 2.33. The Labute approximate surface area is 75.8 Å². The van der Waals surface area contributed by atoms with Gasteiger partial charge >= 0.3 is 0 Å². The van der Waals surface area contributed by atoms with E-state index < -0.39 is 0 Å². The third kappa shape index (κ3) is 0.994. The van der Waals surface area contributed by atoms with Crippen molar-refractivity contribution in [2.75, 3.05) is 0 Å². The van der Waals surface area contributed by atoms with Crippen LogP contribution in [-0.2, 0) is 7.05 Å². The van der Waals surface area contributed by atoms with Crippen molar-refractivity contribution in [2.45, 2.75) is 6.92 Å². The van der Waals surface area contributed by atoms with Crippen molar-refractivity contribution >= 4 is 22.6 Å². The van der Waals surface area contributed by atoms with Crippen LogP contribution in [0, 0.1) is 6.92 Å². The first kappa shape index (κ1) is 7.62.